The molecule has 9 rings (SSSR count). The predicted octanol–water partition coefficient (Wildman–Crippen LogP) is 7.45. The fourth-order valence-electron chi connectivity index (χ4n) is 11.7. The van der Waals surface area contributed by atoms with Gasteiger partial charge in [0, 0.05) is 18.1 Å². The zero-order valence-corrected chi connectivity index (χ0v) is 58.8. The van der Waals surface area contributed by atoms with Crippen LogP contribution >= 0.6 is 0 Å². The molecule has 106 heavy (non-hydrogen) atoms. The number of nitrogens with one attached hydrogen (secondary N) is 6. The van der Waals surface area contributed by atoms with Crippen LogP contribution in [0.1, 0.15) is 73.8 Å². The molecule has 570 valence electrons. The minimum Gasteiger partial charge on any atom is -0.445 e. The number of rotatable bonds is 37. The molecule has 0 spiro atoms. The normalized spacial score (nSPS) is 25.0. The highest BCUT2D eigenvalue weighted by Crippen LogP contribution is 2.35. The molecule has 6 amide bonds. The minimum atomic E-state index is -1.95. The second-order valence-corrected chi connectivity index (χ2v) is 25.2. The van der Waals surface area contributed by atoms with Gasteiger partial charge in [-0.3, -0.25) is 4.79 Å². The van der Waals surface area contributed by atoms with Gasteiger partial charge in [-0.05, 0) is 52.6 Å². The first-order chi connectivity index (χ1) is 51.7. The monoisotopic (exact) mass is 1470 g/mol. The maximum atomic E-state index is 15.1. The average molecular weight is 1470 g/mol. The van der Waals surface area contributed by atoms with E-state index >= 15 is 4.79 Å². The summed E-state index contributed by atoms with van der Waals surface area (Å²) in [5.74, 6) is -0.841. The second kappa shape index (κ2) is 43.0. The van der Waals surface area contributed by atoms with Gasteiger partial charge in [-0.25, -0.2) is 24.0 Å². The number of alkyl carbamates (subject to hydrolysis) is 5. The zero-order chi connectivity index (χ0) is 74.8. The van der Waals surface area contributed by atoms with Crippen LogP contribution in [0.2, 0.25) is 0 Å². The summed E-state index contributed by atoms with van der Waals surface area (Å²) in [4.78, 5) is 86.1. The average Bonchev–Trinajstić information content (AvgIpc) is 1.38. The molecule has 5 aromatic rings. The lowest BCUT2D eigenvalue weighted by molar-refractivity contribution is -0.282. The highest BCUT2D eigenvalue weighted by atomic mass is 16.8. The van der Waals surface area contributed by atoms with Gasteiger partial charge in [0.1, 0.15) is 81.7 Å². The number of nitrogens with zero attached hydrogens (tertiary/aromatic N) is 3. The van der Waals surface area contributed by atoms with Crippen LogP contribution in [0.15, 0.2) is 181 Å². The van der Waals surface area contributed by atoms with Crippen LogP contribution in [0.4, 0.5) is 24.0 Å². The van der Waals surface area contributed by atoms with Crippen molar-refractivity contribution in [1.29, 1.82) is 0 Å². The lowest BCUT2D eigenvalue weighted by atomic mass is 9.83. The Bertz CT molecular complexity index is 3610. The van der Waals surface area contributed by atoms with Crippen molar-refractivity contribution < 1.29 is 106 Å². The highest BCUT2D eigenvalue weighted by Gasteiger charge is 2.55. The van der Waals surface area contributed by atoms with E-state index in [1.54, 1.807) is 152 Å². The SMILES string of the molecule is CCCCO[C@@H](CN=[N+]=[N-])[C@H](OCCCC)C(=O)N[C@@H]1C[C@H](NC(=O)OCc2ccccc2)[C@@H](O[C@H]2O[C@H](CNC(=O)OCc3ccccc3)C=C[C@H]2NC(=O)OCc2ccccc2)[C@H](O[C@@H]2O[C@H](CO)[C@@H](O[C@H]3O[C@@H](CNC(=O)OCc4ccccc4)C=C[C@H]3NC(=O)OCc3ccccc3)[C@H]2O)[C@H]1O. The second-order valence-electron chi connectivity index (χ2n) is 25.2. The van der Waals surface area contributed by atoms with Crippen molar-refractivity contribution in [2.45, 2.75) is 183 Å². The number of hydrogen-bond acceptors (Lipinski definition) is 23. The molecule has 3 aliphatic heterocycles. The molecule has 31 nitrogen and oxygen atoms in total. The first-order valence-corrected chi connectivity index (χ1v) is 35.3. The summed E-state index contributed by atoms with van der Waals surface area (Å²) >= 11 is 0. The molecule has 1 saturated carbocycles. The Hall–Kier alpha value is -9.73. The van der Waals surface area contributed by atoms with Gasteiger partial charge in [-0.2, -0.15) is 0 Å². The van der Waals surface area contributed by atoms with Gasteiger partial charge in [0.2, 0.25) is 0 Å². The number of ether oxygens (including phenoxy) is 13. The van der Waals surface area contributed by atoms with E-state index in [2.05, 4.69) is 41.9 Å². The number of azide groups is 1. The number of aliphatic hydroxyl groups excluding tert-OH is 3. The summed E-state index contributed by atoms with van der Waals surface area (Å²) in [7, 11) is 0. The lowest BCUT2D eigenvalue weighted by Crippen LogP contribution is -2.68. The molecule has 17 atom stereocenters. The van der Waals surface area contributed by atoms with Gasteiger partial charge >= 0.3 is 30.5 Å². The third-order valence-electron chi connectivity index (χ3n) is 17.3. The third-order valence-corrected chi connectivity index (χ3v) is 17.3. The van der Waals surface area contributed by atoms with Crippen molar-refractivity contribution in [2.75, 3.05) is 39.5 Å². The quantitative estimate of drug-likeness (QED) is 0.00465. The lowest BCUT2D eigenvalue weighted by Gasteiger charge is -2.47. The van der Waals surface area contributed by atoms with Gasteiger partial charge in [-0.1, -0.05) is 208 Å². The first-order valence-electron chi connectivity index (χ1n) is 35.3. The Morgan fingerprint density at radius 3 is 1.32 bits per heavy atom. The number of hydrogen-bond donors (Lipinski definition) is 9. The molecule has 1 saturated heterocycles. The summed E-state index contributed by atoms with van der Waals surface area (Å²) in [5.41, 5.74) is 12.9. The van der Waals surface area contributed by atoms with Crippen molar-refractivity contribution >= 4 is 36.4 Å². The highest BCUT2D eigenvalue weighted by molar-refractivity contribution is 5.82. The van der Waals surface area contributed by atoms with Gasteiger partial charge in [0.25, 0.3) is 5.91 Å². The minimum absolute atomic E-state index is 0.0341. The summed E-state index contributed by atoms with van der Waals surface area (Å²) in [6.07, 6.45) is -16.5. The molecule has 3 heterocycles. The Morgan fingerprint density at radius 2 is 0.896 bits per heavy atom. The predicted molar refractivity (Wildman–Crippen MR) is 378 cm³/mol. The van der Waals surface area contributed by atoms with E-state index in [4.69, 9.17) is 61.6 Å². The van der Waals surface area contributed by atoms with Crippen LogP contribution in [-0.4, -0.2) is 195 Å². The van der Waals surface area contributed by atoms with E-state index in [0.717, 1.165) is 17.5 Å². The van der Waals surface area contributed by atoms with Crippen LogP contribution in [0.25, 0.3) is 10.4 Å². The molecule has 0 radical (unpaired) electrons. The van der Waals surface area contributed by atoms with Gasteiger partial charge in [0.05, 0.1) is 56.6 Å². The third kappa shape index (κ3) is 25.5. The van der Waals surface area contributed by atoms with E-state index in [1.807, 2.05) is 26.0 Å². The fourth-order valence-corrected chi connectivity index (χ4v) is 11.7. The molecular formula is C75H93N9O22. The Labute approximate surface area is 613 Å². The summed E-state index contributed by atoms with van der Waals surface area (Å²) < 4.78 is 79.8. The molecule has 4 aliphatic rings. The number of carbonyl (C=O) groups is 6. The van der Waals surface area contributed by atoms with Crippen molar-refractivity contribution in [3.05, 3.63) is 214 Å². The van der Waals surface area contributed by atoms with E-state index < -0.39 is 153 Å². The van der Waals surface area contributed by atoms with Crippen molar-refractivity contribution in [3.8, 4) is 0 Å². The maximum absolute atomic E-state index is 15.1. The molecule has 0 aromatic heterocycles. The molecular weight excluding hydrogens is 1380 g/mol. The first kappa shape index (κ1) is 80.4. The van der Waals surface area contributed by atoms with Crippen molar-refractivity contribution in [2.24, 2.45) is 5.11 Å². The van der Waals surface area contributed by atoms with Crippen molar-refractivity contribution in [1.82, 2.24) is 31.9 Å². The Morgan fingerprint density at radius 1 is 0.491 bits per heavy atom. The standard InChI is InChI=1S/C75H93N9O22/c1-3-5-36-94-59(41-79-84-76)65(95-37-6-4-2)67(88)80-57-38-58(83-75(93)100-47-52-30-20-11-21-31-52)63(104-68-55(81-73(91)98-45-50-26-16-9-17-27-50)34-32-53(101-68)39-77-71(89)96-43-48-22-12-7-13-23-48)66(61(57)86)106-70-62(87)64(60(42-85)103-70)105-69-56(82-74(92)99-46-51-28-18-10-19-29-51)35-33-54(102-69)40-78-72(90)97-44-49-24-14-8-15-25-49/h7-35,53-66,68-70,85-87H,3-6,36-47H2,1-2H3,(H,77,89)(H,78,90)(H,80,88)(H,81,91)(H,82,92)(H,83,93)/t53-,54+,55+,56+,57+,58-,59-,60+,61-,62+,63+,64+,65-,66+,68+,69+,70-/m0/s1. The smallest absolute Gasteiger partial charge is 0.408 e. The van der Waals surface area contributed by atoms with Crippen LogP contribution in [0.3, 0.4) is 0 Å². The fraction of sp³-hybridized carbons (Fsp3) is 0.467. The number of carbonyl (C=O) groups excluding carboxylic acids is 6. The van der Waals surface area contributed by atoms with Crippen LogP contribution in [-0.2, 0) is 99.4 Å². The maximum Gasteiger partial charge on any atom is 0.408 e. The van der Waals surface area contributed by atoms with Gasteiger partial charge in [0.15, 0.2) is 25.0 Å². The Kier molecular flexibility index (Phi) is 32.6. The molecule has 9 N–H and O–H groups in total. The van der Waals surface area contributed by atoms with Gasteiger partial charge < -0.3 is 109 Å². The zero-order valence-electron chi connectivity index (χ0n) is 58.8. The molecule has 0 unspecified atom stereocenters. The summed E-state index contributed by atoms with van der Waals surface area (Å²) in [6.45, 7) is 1.87. The number of aliphatic hydroxyl groups is 3. The number of unbranched alkanes of at least 4 members (excludes halogenated alkanes) is 2. The number of benzene rings is 5. The Balaban J connectivity index is 1.05. The molecule has 31 heteroatoms. The molecule has 0 bridgehead atoms. The topological polar surface area (TPSA) is 404 Å². The van der Waals surface area contributed by atoms with E-state index in [1.165, 1.54) is 12.2 Å². The molecule has 5 aromatic carbocycles. The number of amides is 6. The molecule has 2 fully saturated rings. The summed E-state index contributed by atoms with van der Waals surface area (Å²) in [5, 5.41) is 57.2. The van der Waals surface area contributed by atoms with Crippen molar-refractivity contribution in [3.63, 3.8) is 0 Å². The van der Waals surface area contributed by atoms with E-state index in [0.29, 0.717) is 36.0 Å². The summed E-state index contributed by atoms with van der Waals surface area (Å²) in [6, 6.07) is 39.1. The van der Waals surface area contributed by atoms with E-state index in [9.17, 15) is 44.8 Å². The van der Waals surface area contributed by atoms with Gasteiger partial charge in [-0.15, -0.1) is 0 Å². The van der Waals surface area contributed by atoms with Crippen LogP contribution < -0.4 is 31.9 Å². The van der Waals surface area contributed by atoms with Crippen LogP contribution in [0.5, 0.6) is 0 Å². The largest absolute Gasteiger partial charge is 0.445 e. The van der Waals surface area contributed by atoms with E-state index in [-0.39, 0.29) is 65.9 Å². The molecule has 1 aliphatic carbocycles. The van der Waals surface area contributed by atoms with Crippen LogP contribution in [0, 0.1) is 0 Å².